The van der Waals surface area contributed by atoms with Gasteiger partial charge in [0.1, 0.15) is 11.6 Å². The molecular formula is C11H15F2NO. The molecule has 1 aromatic carbocycles. The molecule has 0 aliphatic rings. The zero-order chi connectivity index (χ0) is 11.5. The second-order valence-corrected chi connectivity index (χ2v) is 3.57. The average Bonchev–Trinajstić information content (AvgIpc) is 2.17. The summed E-state index contributed by atoms with van der Waals surface area (Å²) in [5, 5.41) is 0. The number of benzene rings is 1. The fourth-order valence-electron chi connectivity index (χ4n) is 1.52. The van der Waals surface area contributed by atoms with Gasteiger partial charge in [0.2, 0.25) is 0 Å². The molecule has 4 heteroatoms. The maximum atomic E-state index is 13.5. The maximum Gasteiger partial charge on any atom is 0.131 e. The Morgan fingerprint density at radius 3 is 2.53 bits per heavy atom. The highest BCUT2D eigenvalue weighted by Crippen LogP contribution is 2.25. The van der Waals surface area contributed by atoms with E-state index in [1.807, 2.05) is 6.92 Å². The lowest BCUT2D eigenvalue weighted by Gasteiger charge is -2.28. The summed E-state index contributed by atoms with van der Waals surface area (Å²) in [4.78, 5) is 0. The Morgan fingerprint density at radius 2 is 2.07 bits per heavy atom. The number of hydrogen-bond acceptors (Lipinski definition) is 2. The summed E-state index contributed by atoms with van der Waals surface area (Å²) < 4.78 is 31.1. The molecule has 0 radical (unpaired) electrons. The lowest BCUT2D eigenvalue weighted by atomic mass is 9.89. The normalized spacial score (nSPS) is 15.0. The summed E-state index contributed by atoms with van der Waals surface area (Å²) in [5.41, 5.74) is 5.38. The zero-order valence-electron chi connectivity index (χ0n) is 8.89. The molecule has 1 atom stereocenters. The first-order chi connectivity index (χ1) is 7.03. The summed E-state index contributed by atoms with van der Waals surface area (Å²) in [5.74, 6) is -1.23. The molecule has 0 saturated heterocycles. The molecule has 0 spiro atoms. The zero-order valence-corrected chi connectivity index (χ0v) is 8.89. The summed E-state index contributed by atoms with van der Waals surface area (Å²) in [6.07, 6.45) is 0.517. The van der Waals surface area contributed by atoms with Crippen LogP contribution in [0.25, 0.3) is 0 Å². The van der Waals surface area contributed by atoms with Crippen LogP contribution in [0.1, 0.15) is 18.9 Å². The van der Waals surface area contributed by atoms with Gasteiger partial charge in [-0.2, -0.15) is 0 Å². The summed E-state index contributed by atoms with van der Waals surface area (Å²) in [6.45, 7) is 2.04. The molecule has 1 rings (SSSR count). The Morgan fingerprint density at radius 1 is 1.40 bits per heavy atom. The van der Waals surface area contributed by atoms with Crippen LogP contribution in [-0.4, -0.2) is 13.7 Å². The Kier molecular flexibility index (Phi) is 3.77. The van der Waals surface area contributed by atoms with Gasteiger partial charge in [-0.25, -0.2) is 8.78 Å². The van der Waals surface area contributed by atoms with Crippen LogP contribution >= 0.6 is 0 Å². The third-order valence-corrected chi connectivity index (χ3v) is 2.50. The predicted octanol–water partition coefficient (Wildman–Crippen LogP) is 2.18. The lowest BCUT2D eigenvalue weighted by molar-refractivity contribution is 0.127. The van der Waals surface area contributed by atoms with Gasteiger partial charge in [-0.05, 0) is 12.5 Å². The van der Waals surface area contributed by atoms with E-state index in [2.05, 4.69) is 0 Å². The van der Waals surface area contributed by atoms with E-state index in [1.54, 1.807) is 0 Å². The van der Waals surface area contributed by atoms with Crippen molar-refractivity contribution in [1.82, 2.24) is 0 Å². The van der Waals surface area contributed by atoms with Gasteiger partial charge in [-0.3, -0.25) is 0 Å². The van der Waals surface area contributed by atoms with Gasteiger partial charge in [0.15, 0.2) is 0 Å². The third kappa shape index (κ3) is 2.52. The molecule has 1 unspecified atom stereocenters. The van der Waals surface area contributed by atoms with Crippen LogP contribution in [-0.2, 0) is 10.3 Å². The topological polar surface area (TPSA) is 35.2 Å². The Hall–Kier alpha value is -1.00. The molecule has 0 heterocycles. The fraction of sp³-hybridized carbons (Fsp3) is 0.455. The summed E-state index contributed by atoms with van der Waals surface area (Å²) >= 11 is 0. The first-order valence-electron chi connectivity index (χ1n) is 4.77. The number of methoxy groups -OCH3 is 1. The highest BCUT2D eigenvalue weighted by atomic mass is 19.1. The van der Waals surface area contributed by atoms with Crippen LogP contribution < -0.4 is 5.73 Å². The van der Waals surface area contributed by atoms with Gasteiger partial charge in [0.25, 0.3) is 0 Å². The van der Waals surface area contributed by atoms with Gasteiger partial charge in [0, 0.05) is 18.7 Å². The molecule has 0 amide bonds. The second-order valence-electron chi connectivity index (χ2n) is 3.57. The van der Waals surface area contributed by atoms with Crippen LogP contribution in [0.15, 0.2) is 18.2 Å². The van der Waals surface area contributed by atoms with Crippen molar-refractivity contribution in [3.05, 3.63) is 35.4 Å². The number of ether oxygens (including phenoxy) is 1. The molecule has 0 saturated carbocycles. The van der Waals surface area contributed by atoms with Gasteiger partial charge in [0.05, 0.1) is 12.1 Å². The number of rotatable bonds is 4. The van der Waals surface area contributed by atoms with Crippen molar-refractivity contribution in [3.63, 3.8) is 0 Å². The molecule has 2 nitrogen and oxygen atoms in total. The van der Waals surface area contributed by atoms with E-state index >= 15 is 0 Å². The molecule has 0 aromatic heterocycles. The van der Waals surface area contributed by atoms with E-state index in [-0.39, 0.29) is 12.2 Å². The molecule has 0 aliphatic carbocycles. The first kappa shape index (κ1) is 12.1. The van der Waals surface area contributed by atoms with Crippen molar-refractivity contribution in [1.29, 1.82) is 0 Å². The molecule has 2 N–H and O–H groups in total. The Bertz CT molecular complexity index is 343. The van der Waals surface area contributed by atoms with E-state index in [0.717, 1.165) is 6.07 Å². The van der Waals surface area contributed by atoms with E-state index in [0.29, 0.717) is 6.42 Å². The van der Waals surface area contributed by atoms with Gasteiger partial charge >= 0.3 is 0 Å². The molecule has 1 aromatic rings. The molecular weight excluding hydrogens is 200 g/mol. The largest absolute Gasteiger partial charge is 0.382 e. The van der Waals surface area contributed by atoms with Crippen molar-refractivity contribution in [2.75, 3.05) is 13.7 Å². The average molecular weight is 215 g/mol. The minimum atomic E-state index is -0.896. The molecule has 0 aliphatic heterocycles. The van der Waals surface area contributed by atoms with Crippen molar-refractivity contribution in [2.45, 2.75) is 18.9 Å². The highest BCUT2D eigenvalue weighted by Gasteiger charge is 2.28. The predicted molar refractivity (Wildman–Crippen MR) is 54.4 cm³/mol. The van der Waals surface area contributed by atoms with Crippen LogP contribution in [0, 0.1) is 11.6 Å². The first-order valence-corrected chi connectivity index (χ1v) is 4.77. The van der Waals surface area contributed by atoms with E-state index in [1.165, 1.54) is 19.2 Å². The summed E-state index contributed by atoms with van der Waals surface area (Å²) in [6, 6.07) is 3.40. The Balaban J connectivity index is 3.12. The smallest absolute Gasteiger partial charge is 0.131 e. The number of halogens is 2. The monoisotopic (exact) mass is 215 g/mol. The molecule has 0 bridgehead atoms. The van der Waals surface area contributed by atoms with Crippen molar-refractivity contribution in [2.24, 2.45) is 5.73 Å². The highest BCUT2D eigenvalue weighted by molar-refractivity contribution is 5.26. The Labute approximate surface area is 88.0 Å². The van der Waals surface area contributed by atoms with E-state index in [9.17, 15) is 8.78 Å². The van der Waals surface area contributed by atoms with Gasteiger partial charge < -0.3 is 10.5 Å². The molecule has 15 heavy (non-hydrogen) atoms. The van der Waals surface area contributed by atoms with Crippen molar-refractivity contribution < 1.29 is 13.5 Å². The van der Waals surface area contributed by atoms with Crippen LogP contribution in [0.4, 0.5) is 8.78 Å². The molecule has 0 fully saturated rings. The maximum absolute atomic E-state index is 13.5. The van der Waals surface area contributed by atoms with Gasteiger partial charge in [-0.1, -0.05) is 13.0 Å². The van der Waals surface area contributed by atoms with Gasteiger partial charge in [-0.15, -0.1) is 0 Å². The minimum Gasteiger partial charge on any atom is -0.382 e. The van der Waals surface area contributed by atoms with Crippen molar-refractivity contribution >= 4 is 0 Å². The van der Waals surface area contributed by atoms with Crippen LogP contribution in [0.2, 0.25) is 0 Å². The lowest BCUT2D eigenvalue weighted by Crippen LogP contribution is -2.41. The number of hydrogen-bond donors (Lipinski definition) is 1. The van der Waals surface area contributed by atoms with Crippen LogP contribution in [0.5, 0.6) is 0 Å². The van der Waals surface area contributed by atoms with Crippen LogP contribution in [0.3, 0.4) is 0 Å². The second kappa shape index (κ2) is 4.68. The number of nitrogens with two attached hydrogens (primary N) is 1. The van der Waals surface area contributed by atoms with Crippen molar-refractivity contribution in [3.8, 4) is 0 Å². The minimum absolute atomic E-state index is 0.200. The third-order valence-electron chi connectivity index (χ3n) is 2.50. The SMILES string of the molecule is CCC(N)(COC)c1ccc(F)cc1F. The fourth-order valence-corrected chi connectivity index (χ4v) is 1.52. The quantitative estimate of drug-likeness (QED) is 0.835. The van der Waals surface area contributed by atoms with E-state index < -0.39 is 17.2 Å². The standard InChI is InChI=1S/C11H15F2NO/c1-3-11(14,7-15-2)9-5-4-8(12)6-10(9)13/h4-6H,3,7,14H2,1-2H3. The van der Waals surface area contributed by atoms with E-state index in [4.69, 9.17) is 10.5 Å². The molecule has 84 valence electrons. The summed E-state index contributed by atoms with van der Waals surface area (Å²) in [7, 11) is 1.50.